The van der Waals surface area contributed by atoms with E-state index in [-0.39, 0.29) is 0 Å². The molecule has 11 heteroatoms. The highest BCUT2D eigenvalue weighted by atomic mass is 16.5. The third kappa shape index (κ3) is 7.78. The first-order chi connectivity index (χ1) is 18.0. The molecule has 2 aliphatic rings. The molecule has 2 aliphatic carbocycles. The van der Waals surface area contributed by atoms with Crippen molar-refractivity contribution in [2.75, 3.05) is 7.11 Å². The average Bonchev–Trinajstić information content (AvgIpc) is 3.57. The molecule has 0 saturated heterocycles. The normalized spacial score (nSPS) is 18.4. The number of aromatic nitrogens is 1. The van der Waals surface area contributed by atoms with Crippen molar-refractivity contribution in [3.63, 3.8) is 0 Å². The predicted octanol–water partition coefficient (Wildman–Crippen LogP) is 2.73. The van der Waals surface area contributed by atoms with Crippen LogP contribution in [0.3, 0.4) is 0 Å². The Labute approximate surface area is 220 Å². The first kappa shape index (κ1) is 29.1. The number of hydrogen-bond acceptors (Lipinski definition) is 8. The molecule has 2 atom stereocenters. The third-order valence-corrected chi connectivity index (χ3v) is 7.13. The van der Waals surface area contributed by atoms with E-state index < -0.39 is 36.4 Å². The van der Waals surface area contributed by atoms with Crippen molar-refractivity contribution in [1.29, 1.82) is 0 Å². The fourth-order valence-electron chi connectivity index (χ4n) is 5.26. The standard InChI is InChI=1S/C21H28N2O2.C6H8O7/c1-14-9-19(25-23-14)11-17-7-4-8-20(17)22-13-18-10-15-5-3-6-16(15)12-21(18)24-2;7-3(8)1-6(13,5(11)12)2-4(9)10/h9-10,12,17,20,22H,3-8,11,13H2,1-2H3;13H,1-2H2,(H,7,8)(H,9,10)(H,11,12)/t17-,20+;/m0./s1. The maximum absolute atomic E-state index is 10.3. The van der Waals surface area contributed by atoms with Gasteiger partial charge in [-0.15, -0.1) is 0 Å². The molecule has 0 spiro atoms. The predicted molar refractivity (Wildman–Crippen MR) is 135 cm³/mol. The topological polar surface area (TPSA) is 179 Å². The third-order valence-electron chi connectivity index (χ3n) is 7.13. The molecule has 38 heavy (non-hydrogen) atoms. The van der Waals surface area contributed by atoms with E-state index in [9.17, 15) is 14.4 Å². The average molecular weight is 533 g/mol. The minimum atomic E-state index is -2.74. The Kier molecular flexibility index (Phi) is 9.87. The summed E-state index contributed by atoms with van der Waals surface area (Å²) in [4.78, 5) is 30.5. The van der Waals surface area contributed by atoms with Crippen LogP contribution in [0.5, 0.6) is 5.75 Å². The van der Waals surface area contributed by atoms with E-state index in [1.165, 1.54) is 55.2 Å². The van der Waals surface area contributed by atoms with Crippen LogP contribution < -0.4 is 10.1 Å². The van der Waals surface area contributed by atoms with E-state index in [2.05, 4.69) is 28.7 Å². The molecule has 208 valence electrons. The summed E-state index contributed by atoms with van der Waals surface area (Å²) in [5.74, 6) is -2.33. The number of hydrogen-bond donors (Lipinski definition) is 5. The van der Waals surface area contributed by atoms with E-state index in [4.69, 9.17) is 29.7 Å². The Hall–Kier alpha value is -3.44. The second-order valence-electron chi connectivity index (χ2n) is 10.1. The van der Waals surface area contributed by atoms with Gasteiger partial charge in [-0.2, -0.15) is 0 Å². The van der Waals surface area contributed by atoms with Crippen molar-refractivity contribution in [2.45, 2.75) is 82.9 Å². The van der Waals surface area contributed by atoms with Gasteiger partial charge < -0.3 is 35.0 Å². The number of nitrogens with zero attached hydrogens (tertiary/aromatic N) is 1. The second-order valence-corrected chi connectivity index (χ2v) is 10.1. The lowest BCUT2D eigenvalue weighted by molar-refractivity contribution is -0.170. The minimum absolute atomic E-state index is 0.545. The molecule has 1 aromatic carbocycles. The van der Waals surface area contributed by atoms with Crippen LogP contribution in [0.25, 0.3) is 0 Å². The van der Waals surface area contributed by atoms with Gasteiger partial charge in [0.1, 0.15) is 11.5 Å². The number of rotatable bonds is 11. The van der Waals surface area contributed by atoms with E-state index in [0.717, 1.165) is 30.2 Å². The summed E-state index contributed by atoms with van der Waals surface area (Å²) in [6.45, 7) is 2.87. The Morgan fingerprint density at radius 1 is 1.05 bits per heavy atom. The van der Waals surface area contributed by atoms with Gasteiger partial charge in [-0.05, 0) is 62.1 Å². The van der Waals surface area contributed by atoms with E-state index in [1.54, 1.807) is 7.11 Å². The summed E-state index contributed by atoms with van der Waals surface area (Å²) in [6.07, 6.45) is 6.17. The molecule has 1 saturated carbocycles. The molecule has 2 aromatic rings. The van der Waals surface area contributed by atoms with Crippen molar-refractivity contribution in [3.05, 3.63) is 46.3 Å². The summed E-state index contributed by atoms with van der Waals surface area (Å²) in [5.41, 5.74) is 2.51. The first-order valence-electron chi connectivity index (χ1n) is 12.7. The molecule has 1 aromatic heterocycles. The van der Waals surface area contributed by atoms with Gasteiger partial charge in [0.25, 0.3) is 0 Å². The Morgan fingerprint density at radius 2 is 1.71 bits per heavy atom. The summed E-state index contributed by atoms with van der Waals surface area (Å²) in [5, 5.41) is 41.6. The number of carboxylic acids is 3. The molecule has 1 heterocycles. The van der Waals surface area contributed by atoms with Crippen molar-refractivity contribution < 1.29 is 44.1 Å². The Balaban J connectivity index is 0.000000263. The molecule has 4 rings (SSSR count). The SMILES string of the molecule is COc1cc2c(cc1CN[C@@H]1CCC[C@H]1Cc1cc(C)no1)CCC2.O=C(O)CC(O)(CC(=O)O)C(=O)O. The van der Waals surface area contributed by atoms with Gasteiger partial charge in [-0.25, -0.2) is 4.79 Å². The molecule has 5 N–H and O–H groups in total. The van der Waals surface area contributed by atoms with Crippen LogP contribution in [-0.2, 0) is 40.2 Å². The number of carbonyl (C=O) groups is 3. The van der Waals surface area contributed by atoms with E-state index in [0.29, 0.717) is 12.0 Å². The number of aliphatic carboxylic acids is 3. The van der Waals surface area contributed by atoms with Gasteiger partial charge >= 0.3 is 17.9 Å². The molecule has 0 unspecified atom stereocenters. The van der Waals surface area contributed by atoms with Gasteiger partial charge in [0.05, 0.1) is 25.6 Å². The van der Waals surface area contributed by atoms with Gasteiger partial charge in [0.15, 0.2) is 5.60 Å². The largest absolute Gasteiger partial charge is 0.496 e. The lowest BCUT2D eigenvalue weighted by Gasteiger charge is -2.21. The number of aliphatic hydroxyl groups is 1. The first-order valence-corrected chi connectivity index (χ1v) is 12.7. The fourth-order valence-corrected chi connectivity index (χ4v) is 5.26. The summed E-state index contributed by atoms with van der Waals surface area (Å²) >= 11 is 0. The van der Waals surface area contributed by atoms with E-state index in [1.807, 2.05) is 6.92 Å². The number of fused-ring (bicyclic) bond motifs is 1. The molecule has 0 radical (unpaired) electrons. The molecular formula is C27H36N2O9. The van der Waals surface area contributed by atoms with Crippen LogP contribution in [0.15, 0.2) is 22.7 Å². The summed E-state index contributed by atoms with van der Waals surface area (Å²) < 4.78 is 11.1. The molecule has 1 fully saturated rings. The molecule has 0 bridgehead atoms. The van der Waals surface area contributed by atoms with Crippen molar-refractivity contribution in [1.82, 2.24) is 10.5 Å². The quantitative estimate of drug-likeness (QED) is 0.287. The minimum Gasteiger partial charge on any atom is -0.496 e. The zero-order valence-electron chi connectivity index (χ0n) is 21.7. The number of aryl methyl sites for hydroxylation is 3. The van der Waals surface area contributed by atoms with Gasteiger partial charge in [-0.3, -0.25) is 9.59 Å². The smallest absolute Gasteiger partial charge is 0.336 e. The number of nitrogens with one attached hydrogen (secondary N) is 1. The van der Waals surface area contributed by atoms with Gasteiger partial charge in [0, 0.05) is 30.6 Å². The lowest BCUT2D eigenvalue weighted by atomic mass is 9.96. The molecule has 11 nitrogen and oxygen atoms in total. The number of carboxylic acid groups (broad SMARTS) is 3. The molecule has 0 aliphatic heterocycles. The highest BCUT2D eigenvalue weighted by Crippen LogP contribution is 2.32. The van der Waals surface area contributed by atoms with Crippen LogP contribution in [0.4, 0.5) is 0 Å². The van der Waals surface area contributed by atoms with Gasteiger partial charge in [0.2, 0.25) is 0 Å². The fraction of sp³-hybridized carbons (Fsp3) is 0.556. The van der Waals surface area contributed by atoms with Gasteiger partial charge in [-0.1, -0.05) is 17.6 Å². The zero-order valence-corrected chi connectivity index (χ0v) is 21.7. The van der Waals surface area contributed by atoms with Crippen molar-refractivity contribution >= 4 is 17.9 Å². The van der Waals surface area contributed by atoms with Crippen LogP contribution in [0, 0.1) is 12.8 Å². The molecular weight excluding hydrogens is 496 g/mol. The summed E-state index contributed by atoms with van der Waals surface area (Å²) in [6, 6.07) is 7.22. The maximum Gasteiger partial charge on any atom is 0.336 e. The van der Waals surface area contributed by atoms with E-state index >= 15 is 0 Å². The molecule has 0 amide bonds. The Bertz CT molecular complexity index is 1130. The Morgan fingerprint density at radius 3 is 2.26 bits per heavy atom. The summed E-state index contributed by atoms with van der Waals surface area (Å²) in [7, 11) is 1.78. The monoisotopic (exact) mass is 532 g/mol. The van der Waals surface area contributed by atoms with Crippen molar-refractivity contribution in [2.24, 2.45) is 5.92 Å². The van der Waals surface area contributed by atoms with Crippen LogP contribution >= 0.6 is 0 Å². The lowest BCUT2D eigenvalue weighted by Crippen LogP contribution is -2.42. The highest BCUT2D eigenvalue weighted by molar-refractivity contribution is 5.88. The number of ether oxygens (including phenoxy) is 1. The van der Waals surface area contributed by atoms with Crippen LogP contribution in [-0.4, -0.2) is 62.2 Å². The number of benzene rings is 1. The van der Waals surface area contributed by atoms with Crippen LogP contribution in [0.2, 0.25) is 0 Å². The highest BCUT2D eigenvalue weighted by Gasteiger charge is 2.40. The van der Waals surface area contributed by atoms with Crippen molar-refractivity contribution in [3.8, 4) is 5.75 Å². The maximum atomic E-state index is 10.3. The van der Waals surface area contributed by atoms with Crippen LogP contribution in [0.1, 0.15) is 66.7 Å². The number of methoxy groups -OCH3 is 1. The second kappa shape index (κ2) is 12.9. The zero-order chi connectivity index (χ0) is 27.9.